The second kappa shape index (κ2) is 18.7. The topological polar surface area (TPSA) is 166 Å². The SMILES string of the molecule is C=CCOC12Oc3ccc(Oc4ccc(OC)c(C=O)c4)cc3C3C(CCCCO)C(CCCCO)C=C(C(=NOC)CC1N(C)S(=O)(=O)c1cccc4cccnc14)C32. The average molecular weight is 840 g/mol. The monoisotopic (exact) mass is 839 g/mol. The highest BCUT2D eigenvalue weighted by atomic mass is 32.2. The van der Waals surface area contributed by atoms with Crippen molar-refractivity contribution in [2.24, 2.45) is 22.9 Å². The molecule has 1 aliphatic heterocycles. The molecule has 318 valence electrons. The summed E-state index contributed by atoms with van der Waals surface area (Å²) in [5.41, 5.74) is 2.95. The van der Waals surface area contributed by atoms with Crippen LogP contribution in [0.2, 0.25) is 0 Å². The Balaban J connectivity index is 1.44. The molecule has 2 heterocycles. The van der Waals surface area contributed by atoms with Crippen molar-refractivity contribution in [3.63, 3.8) is 0 Å². The van der Waals surface area contributed by atoms with E-state index in [1.165, 1.54) is 18.5 Å². The number of hydrogen-bond acceptors (Lipinski definition) is 12. The summed E-state index contributed by atoms with van der Waals surface area (Å²) in [5.74, 6) is -0.682. The van der Waals surface area contributed by atoms with Gasteiger partial charge < -0.3 is 34.0 Å². The van der Waals surface area contributed by atoms with Crippen LogP contribution >= 0.6 is 0 Å². The number of nitrogens with zero attached hydrogens (tertiary/aromatic N) is 3. The number of pyridine rings is 1. The van der Waals surface area contributed by atoms with Gasteiger partial charge in [0.2, 0.25) is 15.8 Å². The number of hydrogen-bond donors (Lipinski definition) is 2. The molecule has 2 N–H and O–H groups in total. The Morgan fingerprint density at radius 1 is 1.00 bits per heavy atom. The molecule has 0 radical (unpaired) electrons. The van der Waals surface area contributed by atoms with E-state index in [4.69, 9.17) is 23.8 Å². The number of ether oxygens (including phenoxy) is 4. The maximum atomic E-state index is 15.0. The summed E-state index contributed by atoms with van der Waals surface area (Å²) in [5, 5.41) is 25.0. The van der Waals surface area contributed by atoms with Crippen molar-refractivity contribution >= 4 is 32.9 Å². The zero-order chi connectivity index (χ0) is 42.4. The average Bonchev–Trinajstić information content (AvgIpc) is 3.26. The highest BCUT2D eigenvalue weighted by Crippen LogP contribution is 2.62. The molecule has 0 spiro atoms. The highest BCUT2D eigenvalue weighted by molar-refractivity contribution is 7.89. The molecule has 3 aromatic carbocycles. The van der Waals surface area contributed by atoms with E-state index in [1.807, 2.05) is 24.3 Å². The number of unbranched alkanes of at least 4 members (excludes halogenated alkanes) is 2. The minimum atomic E-state index is -4.26. The number of benzene rings is 3. The molecule has 0 saturated heterocycles. The highest BCUT2D eigenvalue weighted by Gasteiger charge is 2.65. The van der Waals surface area contributed by atoms with Crippen LogP contribution in [0.3, 0.4) is 0 Å². The number of allylic oxidation sites excluding steroid dienone is 1. The molecule has 60 heavy (non-hydrogen) atoms. The van der Waals surface area contributed by atoms with Crippen LogP contribution in [0.5, 0.6) is 23.0 Å². The van der Waals surface area contributed by atoms with E-state index in [2.05, 4.69) is 22.8 Å². The quantitative estimate of drug-likeness (QED) is 0.0417. The van der Waals surface area contributed by atoms with Gasteiger partial charge in [-0.3, -0.25) is 9.78 Å². The summed E-state index contributed by atoms with van der Waals surface area (Å²) in [6.07, 6.45) is 10.5. The molecule has 4 aromatic rings. The van der Waals surface area contributed by atoms with Crippen LogP contribution in [0.15, 0.2) is 107 Å². The number of aldehydes is 1. The molecule has 14 heteroatoms. The largest absolute Gasteiger partial charge is 0.496 e. The van der Waals surface area contributed by atoms with Gasteiger partial charge in [-0.15, -0.1) is 6.58 Å². The van der Waals surface area contributed by atoms with Gasteiger partial charge in [0.05, 0.1) is 42.5 Å². The molecular weight excluding hydrogens is 787 g/mol. The fraction of sp³-hybridized carbons (Fsp3) is 0.413. The Kier molecular flexibility index (Phi) is 13.4. The predicted molar refractivity (Wildman–Crippen MR) is 227 cm³/mol. The standard InChI is InChI=1S/C46H53N3O10S/c1-5-24-57-46-42(49(2)60(53,54)41-16-10-13-30-14-11-21-47-45(30)41)28-38(48-56-4)36-26-31(12-6-8-22-50)35(15-7-9-23-51)43(44(36)46)37-27-34(18-20-40(37)59-46)58-33-17-19-39(55-3)32(25-33)29-52/h5,10-11,13-14,16-21,25-27,29,31,35,42-44,50-51H,1,6-9,12,15,22-24,28H2,2-4H3. The summed E-state index contributed by atoms with van der Waals surface area (Å²) in [7, 11) is 0.259. The van der Waals surface area contributed by atoms with Crippen molar-refractivity contribution in [2.75, 3.05) is 41.1 Å². The Bertz CT molecular complexity index is 2360. The van der Waals surface area contributed by atoms with Crippen LogP contribution in [-0.2, 0) is 19.6 Å². The van der Waals surface area contributed by atoms with Crippen molar-refractivity contribution < 1.29 is 47.2 Å². The summed E-state index contributed by atoms with van der Waals surface area (Å²) < 4.78 is 57.2. The van der Waals surface area contributed by atoms with Crippen LogP contribution in [0, 0.1) is 17.8 Å². The Labute approximate surface area is 351 Å². The Hall–Kier alpha value is -5.12. The van der Waals surface area contributed by atoms with Crippen molar-refractivity contribution in [1.29, 1.82) is 0 Å². The fourth-order valence-electron chi connectivity index (χ4n) is 9.49. The van der Waals surface area contributed by atoms with E-state index in [0.29, 0.717) is 64.3 Å². The van der Waals surface area contributed by atoms with E-state index in [0.717, 1.165) is 36.8 Å². The normalized spacial score (nSPS) is 23.9. The van der Waals surface area contributed by atoms with Crippen LogP contribution < -0.4 is 14.2 Å². The lowest BCUT2D eigenvalue weighted by Crippen LogP contribution is -2.69. The minimum Gasteiger partial charge on any atom is -0.496 e. The second-order valence-corrected chi connectivity index (χ2v) is 17.4. The number of para-hydroxylation sites is 1. The van der Waals surface area contributed by atoms with Gasteiger partial charge in [-0.25, -0.2) is 8.42 Å². The smallest absolute Gasteiger partial charge is 0.245 e. The van der Waals surface area contributed by atoms with E-state index in [9.17, 15) is 15.0 Å². The van der Waals surface area contributed by atoms with Gasteiger partial charge in [-0.2, -0.15) is 4.31 Å². The molecule has 6 unspecified atom stereocenters. The number of sulfonamides is 1. The zero-order valence-corrected chi connectivity index (χ0v) is 35.1. The maximum Gasteiger partial charge on any atom is 0.245 e. The first-order chi connectivity index (χ1) is 29.1. The minimum absolute atomic E-state index is 0.0117. The molecule has 3 aliphatic rings. The second-order valence-electron chi connectivity index (χ2n) is 15.4. The van der Waals surface area contributed by atoms with Gasteiger partial charge in [0.15, 0.2) is 6.29 Å². The lowest BCUT2D eigenvalue weighted by Gasteiger charge is -2.59. The first-order valence-corrected chi connectivity index (χ1v) is 21.8. The summed E-state index contributed by atoms with van der Waals surface area (Å²) in [6, 6.07) is 18.3. The van der Waals surface area contributed by atoms with Crippen molar-refractivity contribution in [3.8, 4) is 23.0 Å². The number of oxime groups is 1. The third-order valence-electron chi connectivity index (χ3n) is 12.1. The summed E-state index contributed by atoms with van der Waals surface area (Å²) >= 11 is 0. The Morgan fingerprint density at radius 2 is 1.75 bits per heavy atom. The lowest BCUT2D eigenvalue weighted by molar-refractivity contribution is -0.250. The number of rotatable bonds is 19. The van der Waals surface area contributed by atoms with Crippen LogP contribution in [0.1, 0.15) is 66.8 Å². The van der Waals surface area contributed by atoms with Crippen molar-refractivity contribution in [2.45, 2.75) is 67.6 Å². The van der Waals surface area contributed by atoms with Gasteiger partial charge in [0.1, 0.15) is 35.0 Å². The van der Waals surface area contributed by atoms with Gasteiger partial charge >= 0.3 is 0 Å². The van der Waals surface area contributed by atoms with Gasteiger partial charge in [-0.1, -0.05) is 48.3 Å². The number of methoxy groups -OCH3 is 1. The number of carbonyl (C=O) groups is 1. The molecular formula is C46H53N3O10S. The van der Waals surface area contributed by atoms with Gasteiger partial charge in [0, 0.05) is 49.7 Å². The first kappa shape index (κ1) is 43.0. The first-order valence-electron chi connectivity index (χ1n) is 20.4. The molecule has 0 bridgehead atoms. The third-order valence-corrected chi connectivity index (χ3v) is 14.0. The zero-order valence-electron chi connectivity index (χ0n) is 34.2. The molecule has 0 amide bonds. The van der Waals surface area contributed by atoms with E-state index in [1.54, 1.807) is 61.8 Å². The lowest BCUT2D eigenvalue weighted by atomic mass is 9.55. The molecule has 7 rings (SSSR count). The maximum absolute atomic E-state index is 15.0. The van der Waals surface area contributed by atoms with Crippen LogP contribution in [0.4, 0.5) is 0 Å². The third kappa shape index (κ3) is 8.06. The Morgan fingerprint density at radius 3 is 2.48 bits per heavy atom. The molecule has 1 saturated carbocycles. The van der Waals surface area contributed by atoms with Crippen LogP contribution in [0.25, 0.3) is 10.9 Å². The van der Waals surface area contributed by atoms with Gasteiger partial charge in [0.25, 0.3) is 0 Å². The number of aliphatic hydroxyl groups is 2. The molecule has 1 aromatic heterocycles. The number of aliphatic hydroxyl groups excluding tert-OH is 2. The number of aromatic nitrogens is 1. The summed E-state index contributed by atoms with van der Waals surface area (Å²) in [6.45, 7) is 4.13. The predicted octanol–water partition coefficient (Wildman–Crippen LogP) is 7.43. The number of carbonyl (C=O) groups excluding carboxylic acids is 1. The van der Waals surface area contributed by atoms with Gasteiger partial charge in [-0.05, 0) is 91.6 Å². The van der Waals surface area contributed by atoms with Crippen molar-refractivity contribution in [1.82, 2.24) is 9.29 Å². The fourth-order valence-corrected chi connectivity index (χ4v) is 11.0. The van der Waals surface area contributed by atoms with E-state index < -0.39 is 27.8 Å². The number of likely N-dealkylation sites (N-methyl/N-ethyl adjacent to an activating group) is 1. The molecule has 2 aliphatic carbocycles. The van der Waals surface area contributed by atoms with Crippen LogP contribution in [-0.4, -0.2) is 92.8 Å². The number of fused-ring (bicyclic) bond motifs is 3. The molecule has 13 nitrogen and oxygen atoms in total. The molecule has 6 atom stereocenters. The summed E-state index contributed by atoms with van der Waals surface area (Å²) in [4.78, 5) is 21.9. The van der Waals surface area contributed by atoms with Crippen molar-refractivity contribution in [3.05, 3.63) is 108 Å². The van der Waals surface area contributed by atoms with E-state index >= 15 is 8.42 Å². The van der Waals surface area contributed by atoms with E-state index in [-0.39, 0.29) is 48.9 Å². The molecule has 1 fully saturated rings.